The summed E-state index contributed by atoms with van der Waals surface area (Å²) in [6, 6.07) is 23.8. The Balaban J connectivity index is 2.04. The summed E-state index contributed by atoms with van der Waals surface area (Å²) in [5.74, 6) is 0.569. The van der Waals surface area contributed by atoms with Gasteiger partial charge in [-0.1, -0.05) is 54.6 Å². The number of likely N-dealkylation sites (N-methyl/N-ethyl adjacent to an activating group) is 1. The maximum atomic E-state index is 13.9. The molecule has 0 unspecified atom stereocenters. The summed E-state index contributed by atoms with van der Waals surface area (Å²) in [6.45, 7) is 1.15. The molecule has 1 heterocycles. The zero-order valence-electron chi connectivity index (χ0n) is 17.3. The van der Waals surface area contributed by atoms with Crippen molar-refractivity contribution in [1.82, 2.24) is 8.87 Å². The predicted octanol–water partition coefficient (Wildman–Crippen LogP) is 5.25. The highest BCUT2D eigenvalue weighted by Crippen LogP contribution is 2.42. The van der Waals surface area contributed by atoms with Gasteiger partial charge in [-0.15, -0.1) is 0 Å². The minimum Gasteiger partial charge on any atom is -0.489 e. The summed E-state index contributed by atoms with van der Waals surface area (Å²) in [6.07, 6.45) is 0. The van der Waals surface area contributed by atoms with Crippen molar-refractivity contribution in [2.45, 2.75) is 4.90 Å². The maximum Gasteiger partial charge on any atom is 0.269 e. The maximum absolute atomic E-state index is 13.9. The van der Waals surface area contributed by atoms with Crippen molar-refractivity contribution < 1.29 is 13.2 Å². The third-order valence-electron chi connectivity index (χ3n) is 4.97. The number of aromatic nitrogens is 1. The molecule has 31 heavy (non-hydrogen) atoms. The summed E-state index contributed by atoms with van der Waals surface area (Å²) < 4.78 is 36.0. The summed E-state index contributed by atoms with van der Waals surface area (Å²) >= 11 is 3.41. The van der Waals surface area contributed by atoms with Gasteiger partial charge < -0.3 is 9.64 Å². The third kappa shape index (κ3) is 4.13. The molecule has 0 saturated carbocycles. The van der Waals surface area contributed by atoms with Crippen LogP contribution in [0.5, 0.6) is 5.75 Å². The Morgan fingerprint density at radius 3 is 2.26 bits per heavy atom. The number of para-hydroxylation sites is 1. The van der Waals surface area contributed by atoms with Crippen molar-refractivity contribution in [3.63, 3.8) is 0 Å². The van der Waals surface area contributed by atoms with E-state index in [1.54, 1.807) is 24.3 Å². The van der Waals surface area contributed by atoms with E-state index in [2.05, 4.69) is 15.9 Å². The van der Waals surface area contributed by atoms with Gasteiger partial charge in [-0.25, -0.2) is 12.4 Å². The van der Waals surface area contributed by atoms with E-state index in [9.17, 15) is 8.42 Å². The molecular weight excluding hydrogens is 476 g/mol. The van der Waals surface area contributed by atoms with Gasteiger partial charge >= 0.3 is 0 Å². The number of hydrogen-bond donors (Lipinski definition) is 0. The minimum absolute atomic E-state index is 0.202. The van der Waals surface area contributed by atoms with E-state index >= 15 is 0 Å². The van der Waals surface area contributed by atoms with Gasteiger partial charge in [0.2, 0.25) is 0 Å². The second-order valence-electron chi connectivity index (χ2n) is 7.41. The molecule has 0 N–H and O–H groups in total. The average Bonchev–Trinajstić information content (AvgIpc) is 3.09. The number of nitrogens with zero attached hydrogens (tertiary/aromatic N) is 2. The lowest BCUT2D eigenvalue weighted by Crippen LogP contribution is -2.20. The first-order valence-corrected chi connectivity index (χ1v) is 12.1. The van der Waals surface area contributed by atoms with Gasteiger partial charge in [-0.3, -0.25) is 0 Å². The monoisotopic (exact) mass is 498 g/mol. The van der Waals surface area contributed by atoms with Crippen LogP contribution in [0, 0.1) is 0 Å². The van der Waals surface area contributed by atoms with Crippen molar-refractivity contribution in [3.05, 3.63) is 83.3 Å². The molecule has 0 atom stereocenters. The zero-order chi connectivity index (χ0) is 22.0. The second kappa shape index (κ2) is 8.86. The lowest BCUT2D eigenvalue weighted by molar-refractivity contribution is 0.264. The Morgan fingerprint density at radius 2 is 1.55 bits per heavy atom. The number of halogens is 1. The molecule has 1 aromatic heterocycles. The van der Waals surface area contributed by atoms with Gasteiger partial charge in [0.15, 0.2) is 5.75 Å². The van der Waals surface area contributed by atoms with Crippen molar-refractivity contribution in [2.75, 3.05) is 27.2 Å². The van der Waals surface area contributed by atoms with Crippen LogP contribution in [0.2, 0.25) is 0 Å². The normalized spacial score (nSPS) is 11.9. The average molecular weight is 499 g/mol. The molecule has 0 aliphatic heterocycles. The van der Waals surface area contributed by atoms with Crippen LogP contribution in [0.15, 0.2) is 88.2 Å². The highest BCUT2D eigenvalue weighted by atomic mass is 79.9. The predicted molar refractivity (Wildman–Crippen MR) is 128 cm³/mol. The smallest absolute Gasteiger partial charge is 0.269 e. The molecule has 7 heteroatoms. The molecule has 0 bridgehead atoms. The molecule has 160 valence electrons. The SMILES string of the molecule is CN(C)CCOc1c(-c2ccccc2)n(S(=O)(=O)c2ccccc2Br)c2ccccc12. The van der Waals surface area contributed by atoms with E-state index in [4.69, 9.17) is 4.74 Å². The Hall–Kier alpha value is -2.61. The molecule has 0 spiro atoms. The largest absolute Gasteiger partial charge is 0.489 e. The standard InChI is InChI=1S/C24H23BrN2O3S/c1-26(2)16-17-30-24-19-12-6-8-14-21(19)27(23(24)18-10-4-3-5-11-18)31(28,29)22-15-9-7-13-20(22)25/h3-15H,16-17H2,1-2H3. The minimum atomic E-state index is -3.92. The summed E-state index contributed by atoms with van der Waals surface area (Å²) in [5.41, 5.74) is 1.88. The molecule has 0 aliphatic carbocycles. The zero-order valence-corrected chi connectivity index (χ0v) is 19.7. The number of fused-ring (bicyclic) bond motifs is 1. The molecule has 4 rings (SSSR count). The first kappa shape index (κ1) is 21.6. The van der Waals surface area contributed by atoms with Crippen LogP contribution in [-0.2, 0) is 10.0 Å². The molecule has 0 amide bonds. The van der Waals surface area contributed by atoms with Crippen LogP contribution in [0.1, 0.15) is 0 Å². The molecule has 0 aliphatic rings. The van der Waals surface area contributed by atoms with Crippen molar-refractivity contribution >= 4 is 36.9 Å². The van der Waals surface area contributed by atoms with E-state index < -0.39 is 10.0 Å². The third-order valence-corrected chi connectivity index (χ3v) is 7.70. The number of ether oxygens (including phenoxy) is 1. The van der Waals surface area contributed by atoms with Gasteiger partial charge in [-0.05, 0) is 54.3 Å². The molecule has 0 fully saturated rings. The van der Waals surface area contributed by atoms with Crippen LogP contribution in [0.4, 0.5) is 0 Å². The second-order valence-corrected chi connectivity index (χ2v) is 10.0. The fourth-order valence-electron chi connectivity index (χ4n) is 3.51. The van der Waals surface area contributed by atoms with Crippen LogP contribution in [0.25, 0.3) is 22.2 Å². The molecule has 3 aromatic carbocycles. The van der Waals surface area contributed by atoms with Crippen molar-refractivity contribution in [1.29, 1.82) is 0 Å². The quantitative estimate of drug-likeness (QED) is 0.349. The van der Waals surface area contributed by atoms with Gasteiger partial charge in [0, 0.05) is 22.0 Å². The summed E-state index contributed by atoms with van der Waals surface area (Å²) in [4.78, 5) is 2.23. The molecular formula is C24H23BrN2O3S. The molecule has 4 aromatic rings. The van der Waals surface area contributed by atoms with E-state index in [0.29, 0.717) is 34.6 Å². The molecule has 0 saturated heterocycles. The highest BCUT2D eigenvalue weighted by Gasteiger charge is 2.29. The van der Waals surface area contributed by atoms with Gasteiger partial charge in [0.25, 0.3) is 10.0 Å². The van der Waals surface area contributed by atoms with E-state index in [1.807, 2.05) is 73.6 Å². The van der Waals surface area contributed by atoms with Crippen LogP contribution < -0.4 is 4.74 Å². The topological polar surface area (TPSA) is 51.5 Å². The Bertz CT molecular complexity index is 1320. The van der Waals surface area contributed by atoms with Crippen LogP contribution in [-0.4, -0.2) is 44.5 Å². The lowest BCUT2D eigenvalue weighted by atomic mass is 10.1. The Morgan fingerprint density at radius 1 is 0.903 bits per heavy atom. The first-order chi connectivity index (χ1) is 14.9. The van der Waals surface area contributed by atoms with E-state index in [0.717, 1.165) is 10.9 Å². The Labute approximate surface area is 191 Å². The first-order valence-electron chi connectivity index (χ1n) is 9.88. The highest BCUT2D eigenvalue weighted by molar-refractivity contribution is 9.10. The van der Waals surface area contributed by atoms with Crippen molar-refractivity contribution in [2.24, 2.45) is 0 Å². The number of rotatable bonds is 7. The van der Waals surface area contributed by atoms with E-state index in [-0.39, 0.29) is 4.90 Å². The Kier molecular flexibility index (Phi) is 6.18. The number of benzene rings is 3. The summed E-state index contributed by atoms with van der Waals surface area (Å²) in [5, 5.41) is 0.760. The van der Waals surface area contributed by atoms with Gasteiger partial charge in [0.1, 0.15) is 17.2 Å². The molecule has 5 nitrogen and oxygen atoms in total. The fourth-order valence-corrected chi connectivity index (χ4v) is 6.01. The van der Waals surface area contributed by atoms with Crippen LogP contribution in [0.3, 0.4) is 0 Å². The van der Waals surface area contributed by atoms with Crippen LogP contribution >= 0.6 is 15.9 Å². The van der Waals surface area contributed by atoms with Crippen molar-refractivity contribution in [3.8, 4) is 17.0 Å². The summed E-state index contributed by atoms with van der Waals surface area (Å²) in [7, 11) is 0.0325. The number of hydrogen-bond acceptors (Lipinski definition) is 4. The van der Waals surface area contributed by atoms with Gasteiger partial charge in [0.05, 0.1) is 5.52 Å². The van der Waals surface area contributed by atoms with E-state index in [1.165, 1.54) is 3.97 Å². The fraction of sp³-hybridized carbons (Fsp3) is 0.167. The molecule has 0 radical (unpaired) electrons. The lowest BCUT2D eigenvalue weighted by Gasteiger charge is -2.15. The van der Waals surface area contributed by atoms with Gasteiger partial charge in [-0.2, -0.15) is 0 Å².